The molecule has 0 bridgehead atoms. The Morgan fingerprint density at radius 1 is 1.00 bits per heavy atom. The van der Waals surface area contributed by atoms with Gasteiger partial charge in [0.2, 0.25) is 5.88 Å². The number of para-hydroxylation sites is 1. The third-order valence-electron chi connectivity index (χ3n) is 4.22. The van der Waals surface area contributed by atoms with Gasteiger partial charge in [0.15, 0.2) is 0 Å². The molecular formula is C18H16N2O2. The van der Waals surface area contributed by atoms with Crippen molar-refractivity contribution in [2.75, 3.05) is 17.2 Å². The van der Waals surface area contributed by atoms with E-state index in [1.807, 2.05) is 24.3 Å². The SMILES string of the molecule is Nc1oc(=O)c2ccccc2c1N1CCCc2ccccc21. The molecule has 4 heteroatoms. The molecule has 22 heavy (non-hydrogen) atoms. The second-order valence-corrected chi connectivity index (χ2v) is 5.53. The molecule has 4 nitrogen and oxygen atoms in total. The van der Waals surface area contributed by atoms with Crippen molar-refractivity contribution in [2.45, 2.75) is 12.8 Å². The number of nitrogens with zero attached hydrogens (tertiary/aromatic N) is 1. The highest BCUT2D eigenvalue weighted by Gasteiger charge is 2.23. The fourth-order valence-electron chi connectivity index (χ4n) is 3.25. The van der Waals surface area contributed by atoms with E-state index in [1.165, 1.54) is 5.56 Å². The lowest BCUT2D eigenvalue weighted by molar-refractivity contribution is 0.539. The van der Waals surface area contributed by atoms with Crippen LogP contribution in [-0.2, 0) is 6.42 Å². The molecule has 3 aromatic rings. The lowest BCUT2D eigenvalue weighted by Gasteiger charge is -2.32. The van der Waals surface area contributed by atoms with E-state index >= 15 is 0 Å². The molecule has 4 rings (SSSR count). The molecule has 0 saturated heterocycles. The van der Waals surface area contributed by atoms with Gasteiger partial charge in [-0.25, -0.2) is 4.79 Å². The third-order valence-corrected chi connectivity index (χ3v) is 4.22. The molecule has 1 aliphatic heterocycles. The van der Waals surface area contributed by atoms with Gasteiger partial charge in [0, 0.05) is 17.6 Å². The average Bonchev–Trinajstić information content (AvgIpc) is 2.55. The molecule has 1 aromatic heterocycles. The summed E-state index contributed by atoms with van der Waals surface area (Å²) in [4.78, 5) is 14.2. The van der Waals surface area contributed by atoms with E-state index in [9.17, 15) is 4.79 Å². The molecule has 2 heterocycles. The normalized spacial score (nSPS) is 14.1. The van der Waals surface area contributed by atoms with Crippen LogP contribution in [0.3, 0.4) is 0 Å². The minimum Gasteiger partial charge on any atom is -0.404 e. The lowest BCUT2D eigenvalue weighted by Crippen LogP contribution is -2.26. The van der Waals surface area contributed by atoms with Crippen molar-refractivity contribution in [3.8, 4) is 0 Å². The standard InChI is InChI=1S/C18H16N2O2/c19-17-16(13-8-2-3-9-14(13)18(21)22-17)20-11-5-7-12-6-1-4-10-15(12)20/h1-4,6,8-10H,5,7,11,19H2. The quantitative estimate of drug-likeness (QED) is 0.746. The van der Waals surface area contributed by atoms with Crippen molar-refractivity contribution in [1.82, 2.24) is 0 Å². The first kappa shape index (κ1) is 13.0. The predicted octanol–water partition coefficient (Wildman–Crippen LogP) is 3.46. The molecule has 0 fully saturated rings. The van der Waals surface area contributed by atoms with E-state index in [0.29, 0.717) is 5.39 Å². The van der Waals surface area contributed by atoms with Gasteiger partial charge in [0.25, 0.3) is 0 Å². The first-order chi connectivity index (χ1) is 10.8. The third kappa shape index (κ3) is 1.88. The molecule has 1 aliphatic rings. The van der Waals surface area contributed by atoms with Crippen LogP contribution in [0.25, 0.3) is 10.8 Å². The van der Waals surface area contributed by atoms with Gasteiger partial charge in [0.05, 0.1) is 5.39 Å². The Balaban J connectivity index is 2.02. The maximum absolute atomic E-state index is 12.0. The van der Waals surface area contributed by atoms with Crippen LogP contribution in [0.5, 0.6) is 0 Å². The zero-order valence-electron chi connectivity index (χ0n) is 12.1. The molecule has 0 spiro atoms. The maximum Gasteiger partial charge on any atom is 0.345 e. The van der Waals surface area contributed by atoms with Gasteiger partial charge in [-0.2, -0.15) is 0 Å². The molecule has 0 amide bonds. The highest BCUT2D eigenvalue weighted by Crippen LogP contribution is 2.39. The minimum atomic E-state index is -0.387. The van der Waals surface area contributed by atoms with Crippen LogP contribution in [0.4, 0.5) is 17.3 Å². The molecular weight excluding hydrogens is 276 g/mol. The van der Waals surface area contributed by atoms with Crippen LogP contribution in [-0.4, -0.2) is 6.54 Å². The first-order valence-corrected chi connectivity index (χ1v) is 7.42. The van der Waals surface area contributed by atoms with E-state index in [1.54, 1.807) is 6.07 Å². The molecule has 0 atom stereocenters. The number of benzene rings is 2. The van der Waals surface area contributed by atoms with Gasteiger partial charge < -0.3 is 15.1 Å². The van der Waals surface area contributed by atoms with Crippen molar-refractivity contribution >= 4 is 28.0 Å². The molecule has 0 unspecified atom stereocenters. The molecule has 0 saturated carbocycles. The van der Waals surface area contributed by atoms with Gasteiger partial charge in [0.1, 0.15) is 5.69 Å². The summed E-state index contributed by atoms with van der Waals surface area (Å²) in [5, 5.41) is 1.41. The van der Waals surface area contributed by atoms with Crippen LogP contribution in [0.15, 0.2) is 57.7 Å². The Hall–Kier alpha value is -2.75. The molecule has 2 aromatic carbocycles. The second-order valence-electron chi connectivity index (χ2n) is 5.53. The smallest absolute Gasteiger partial charge is 0.345 e. The number of rotatable bonds is 1. The topological polar surface area (TPSA) is 59.5 Å². The van der Waals surface area contributed by atoms with Crippen LogP contribution >= 0.6 is 0 Å². The van der Waals surface area contributed by atoms with Gasteiger partial charge in [-0.1, -0.05) is 36.4 Å². The van der Waals surface area contributed by atoms with Crippen LogP contribution < -0.4 is 16.3 Å². The summed E-state index contributed by atoms with van der Waals surface area (Å²) >= 11 is 0. The molecule has 0 aliphatic carbocycles. The summed E-state index contributed by atoms with van der Waals surface area (Å²) in [5.41, 5.74) is 8.91. The van der Waals surface area contributed by atoms with Crippen molar-refractivity contribution in [2.24, 2.45) is 0 Å². The number of fused-ring (bicyclic) bond motifs is 2. The lowest BCUT2D eigenvalue weighted by atomic mass is 10.0. The Kier molecular flexibility index (Phi) is 2.89. The van der Waals surface area contributed by atoms with Gasteiger partial charge in [-0.15, -0.1) is 0 Å². The van der Waals surface area contributed by atoms with Crippen molar-refractivity contribution in [3.05, 3.63) is 64.5 Å². The Bertz CT molecular complexity index is 914. The van der Waals surface area contributed by atoms with Crippen LogP contribution in [0, 0.1) is 0 Å². The van der Waals surface area contributed by atoms with E-state index in [-0.39, 0.29) is 11.5 Å². The highest BCUT2D eigenvalue weighted by atomic mass is 16.4. The summed E-state index contributed by atoms with van der Waals surface area (Å²) in [6.07, 6.45) is 2.10. The van der Waals surface area contributed by atoms with E-state index in [0.717, 1.165) is 36.1 Å². The van der Waals surface area contributed by atoms with E-state index < -0.39 is 0 Å². The van der Waals surface area contributed by atoms with E-state index in [4.69, 9.17) is 10.2 Å². The van der Waals surface area contributed by atoms with E-state index in [2.05, 4.69) is 23.1 Å². The number of hydrogen-bond acceptors (Lipinski definition) is 4. The van der Waals surface area contributed by atoms with Crippen molar-refractivity contribution < 1.29 is 4.42 Å². The van der Waals surface area contributed by atoms with Gasteiger partial charge >= 0.3 is 5.63 Å². The fraction of sp³-hybridized carbons (Fsp3) is 0.167. The fourth-order valence-corrected chi connectivity index (χ4v) is 3.25. The monoisotopic (exact) mass is 292 g/mol. The van der Waals surface area contributed by atoms with Crippen molar-refractivity contribution in [3.63, 3.8) is 0 Å². The zero-order chi connectivity index (χ0) is 15.1. The van der Waals surface area contributed by atoms with Crippen LogP contribution in [0.2, 0.25) is 0 Å². The summed E-state index contributed by atoms with van der Waals surface area (Å²) in [6, 6.07) is 15.8. The van der Waals surface area contributed by atoms with Crippen molar-refractivity contribution in [1.29, 1.82) is 0 Å². The number of nitrogens with two attached hydrogens (primary N) is 1. The van der Waals surface area contributed by atoms with Gasteiger partial charge in [-0.3, -0.25) is 0 Å². The number of anilines is 3. The number of aryl methyl sites for hydroxylation is 1. The Labute approximate surface area is 127 Å². The Morgan fingerprint density at radius 3 is 2.59 bits per heavy atom. The molecule has 110 valence electrons. The zero-order valence-corrected chi connectivity index (χ0v) is 12.1. The summed E-state index contributed by atoms with van der Waals surface area (Å²) in [6.45, 7) is 0.860. The molecule has 2 N–H and O–H groups in total. The predicted molar refractivity (Wildman–Crippen MR) is 88.7 cm³/mol. The second kappa shape index (κ2) is 4.91. The van der Waals surface area contributed by atoms with Gasteiger partial charge in [-0.05, 0) is 30.5 Å². The number of hydrogen-bond donors (Lipinski definition) is 1. The van der Waals surface area contributed by atoms with Crippen LogP contribution in [0.1, 0.15) is 12.0 Å². The first-order valence-electron chi connectivity index (χ1n) is 7.42. The maximum atomic E-state index is 12.0. The Morgan fingerprint density at radius 2 is 1.73 bits per heavy atom. The molecule has 0 radical (unpaired) electrons. The highest BCUT2D eigenvalue weighted by molar-refractivity contribution is 5.99. The average molecular weight is 292 g/mol. The summed E-state index contributed by atoms with van der Waals surface area (Å²) in [5.74, 6) is 0.181. The largest absolute Gasteiger partial charge is 0.404 e. The summed E-state index contributed by atoms with van der Waals surface area (Å²) in [7, 11) is 0. The number of nitrogen functional groups attached to an aromatic ring is 1. The summed E-state index contributed by atoms with van der Waals surface area (Å²) < 4.78 is 5.27. The minimum absolute atomic E-state index is 0.181.